The number of nitrogen functional groups attached to an aromatic ring is 1. The third kappa shape index (κ3) is 2.13. The number of fused-ring (bicyclic) bond motifs is 1. The molecule has 2 heterocycles. The normalized spacial score (nSPS) is 13.2. The minimum atomic E-state index is -0.528. The van der Waals surface area contributed by atoms with Gasteiger partial charge in [-0.3, -0.25) is 29.7 Å². The third-order valence-corrected chi connectivity index (χ3v) is 3.45. The standard InChI is InChI=1S/C15H12N4O3/c16-18-13(20)11-6-3-7-17-12(11)8-19-14(21)9-4-1-2-5-10(9)15(19)22/h1-7H,8,16H2,(H,18,20). The molecule has 7 heteroatoms. The maximum atomic E-state index is 12.3. The molecule has 0 fully saturated rings. The van der Waals surface area contributed by atoms with Crippen LogP contribution in [-0.4, -0.2) is 27.6 Å². The zero-order valence-corrected chi connectivity index (χ0v) is 11.4. The number of imide groups is 1. The van der Waals surface area contributed by atoms with Gasteiger partial charge in [0.2, 0.25) is 0 Å². The lowest BCUT2D eigenvalue weighted by molar-refractivity contribution is 0.0638. The Morgan fingerprint density at radius 2 is 1.73 bits per heavy atom. The van der Waals surface area contributed by atoms with Crippen LogP contribution in [-0.2, 0) is 6.54 Å². The Morgan fingerprint density at radius 3 is 2.32 bits per heavy atom. The van der Waals surface area contributed by atoms with Gasteiger partial charge in [-0.15, -0.1) is 0 Å². The number of hydrazine groups is 1. The Kier molecular flexibility index (Phi) is 3.40. The number of hydrogen-bond acceptors (Lipinski definition) is 5. The number of nitrogens with one attached hydrogen (secondary N) is 1. The van der Waals surface area contributed by atoms with Gasteiger partial charge in [0.25, 0.3) is 17.7 Å². The molecule has 0 bridgehead atoms. The van der Waals surface area contributed by atoms with Crippen molar-refractivity contribution >= 4 is 17.7 Å². The second-order valence-electron chi connectivity index (χ2n) is 4.71. The summed E-state index contributed by atoms with van der Waals surface area (Å²) >= 11 is 0. The highest BCUT2D eigenvalue weighted by atomic mass is 16.2. The van der Waals surface area contributed by atoms with Crippen LogP contribution in [0.2, 0.25) is 0 Å². The Hall–Kier alpha value is -3.06. The molecule has 1 aromatic carbocycles. The van der Waals surface area contributed by atoms with E-state index in [0.717, 1.165) is 4.90 Å². The van der Waals surface area contributed by atoms with Crippen LogP contribution in [0.3, 0.4) is 0 Å². The molecular weight excluding hydrogens is 284 g/mol. The summed E-state index contributed by atoms with van der Waals surface area (Å²) in [5.41, 5.74) is 3.26. The van der Waals surface area contributed by atoms with Crippen LogP contribution in [0, 0.1) is 0 Å². The Bertz CT molecular complexity index is 753. The van der Waals surface area contributed by atoms with Crippen LogP contribution >= 0.6 is 0 Å². The van der Waals surface area contributed by atoms with Gasteiger partial charge in [0.15, 0.2) is 0 Å². The van der Waals surface area contributed by atoms with Crippen LogP contribution < -0.4 is 11.3 Å². The van der Waals surface area contributed by atoms with E-state index in [1.807, 2.05) is 5.43 Å². The lowest BCUT2D eigenvalue weighted by Gasteiger charge is -2.15. The van der Waals surface area contributed by atoms with Crippen LogP contribution in [0.15, 0.2) is 42.6 Å². The molecule has 1 aliphatic heterocycles. The van der Waals surface area contributed by atoms with Crippen molar-refractivity contribution in [2.75, 3.05) is 0 Å². The first kappa shape index (κ1) is 13.9. The van der Waals surface area contributed by atoms with Crippen molar-refractivity contribution in [3.05, 3.63) is 65.0 Å². The molecule has 0 saturated carbocycles. The summed E-state index contributed by atoms with van der Waals surface area (Å²) in [6.07, 6.45) is 1.49. The van der Waals surface area contributed by atoms with E-state index >= 15 is 0 Å². The van der Waals surface area contributed by atoms with Gasteiger partial charge in [0.05, 0.1) is 28.9 Å². The van der Waals surface area contributed by atoms with Gasteiger partial charge >= 0.3 is 0 Å². The number of carbonyl (C=O) groups is 3. The fourth-order valence-electron chi connectivity index (χ4n) is 2.38. The second kappa shape index (κ2) is 5.38. The van der Waals surface area contributed by atoms with Crippen molar-refractivity contribution in [2.45, 2.75) is 6.54 Å². The molecule has 22 heavy (non-hydrogen) atoms. The molecule has 0 spiro atoms. The Morgan fingerprint density at radius 1 is 1.09 bits per heavy atom. The summed E-state index contributed by atoms with van der Waals surface area (Å²) in [6.45, 7) is -0.0874. The molecule has 3 amide bonds. The highest BCUT2D eigenvalue weighted by Gasteiger charge is 2.35. The molecule has 0 saturated heterocycles. The lowest BCUT2D eigenvalue weighted by Crippen LogP contribution is -2.34. The average Bonchev–Trinajstić information content (AvgIpc) is 2.80. The molecule has 0 atom stereocenters. The summed E-state index contributed by atoms with van der Waals surface area (Å²) in [5.74, 6) is 3.81. The molecule has 1 aliphatic rings. The van der Waals surface area contributed by atoms with Crippen molar-refractivity contribution in [2.24, 2.45) is 5.84 Å². The van der Waals surface area contributed by atoms with Gasteiger partial charge in [-0.2, -0.15) is 0 Å². The van der Waals surface area contributed by atoms with Gasteiger partial charge in [-0.25, -0.2) is 5.84 Å². The smallest absolute Gasteiger partial charge is 0.267 e. The SMILES string of the molecule is NNC(=O)c1cccnc1CN1C(=O)c2ccccc2C1=O. The van der Waals surface area contributed by atoms with Crippen molar-refractivity contribution in [1.29, 1.82) is 0 Å². The first-order chi connectivity index (χ1) is 10.6. The second-order valence-corrected chi connectivity index (χ2v) is 4.71. The number of nitrogens with two attached hydrogens (primary N) is 1. The van der Waals surface area contributed by atoms with E-state index in [2.05, 4.69) is 4.98 Å². The number of hydrogen-bond donors (Lipinski definition) is 2. The molecule has 2 aromatic rings. The third-order valence-electron chi connectivity index (χ3n) is 3.45. The number of aromatic nitrogens is 1. The highest BCUT2D eigenvalue weighted by molar-refractivity contribution is 6.21. The van der Waals surface area contributed by atoms with Crippen molar-refractivity contribution in [1.82, 2.24) is 15.3 Å². The summed E-state index contributed by atoms with van der Waals surface area (Å²) in [7, 11) is 0. The van der Waals surface area contributed by atoms with Crippen LogP contribution in [0.1, 0.15) is 36.8 Å². The number of carbonyl (C=O) groups excluding carboxylic acids is 3. The maximum Gasteiger partial charge on any atom is 0.267 e. The molecule has 0 unspecified atom stereocenters. The monoisotopic (exact) mass is 296 g/mol. The quantitative estimate of drug-likeness (QED) is 0.371. The first-order valence-electron chi connectivity index (χ1n) is 6.53. The van der Waals surface area contributed by atoms with Crippen molar-refractivity contribution in [3.63, 3.8) is 0 Å². The summed E-state index contributed by atoms with van der Waals surface area (Å²) in [6, 6.07) is 9.70. The fourth-order valence-corrected chi connectivity index (χ4v) is 2.38. The maximum absolute atomic E-state index is 12.3. The van der Waals surface area contributed by atoms with E-state index in [1.165, 1.54) is 12.3 Å². The fraction of sp³-hybridized carbons (Fsp3) is 0.0667. The molecule has 1 aromatic heterocycles. The van der Waals surface area contributed by atoms with Crippen LogP contribution in [0.5, 0.6) is 0 Å². The van der Waals surface area contributed by atoms with Gasteiger partial charge in [-0.1, -0.05) is 12.1 Å². The lowest BCUT2D eigenvalue weighted by atomic mass is 10.1. The molecular formula is C15H12N4O3. The number of nitrogens with zero attached hydrogens (tertiary/aromatic N) is 2. The van der Waals surface area contributed by atoms with E-state index < -0.39 is 17.7 Å². The minimum absolute atomic E-state index is 0.0874. The molecule has 0 aliphatic carbocycles. The van der Waals surface area contributed by atoms with Crippen molar-refractivity contribution in [3.8, 4) is 0 Å². The Balaban J connectivity index is 1.95. The molecule has 110 valence electrons. The van der Waals surface area contributed by atoms with Gasteiger partial charge in [-0.05, 0) is 24.3 Å². The van der Waals surface area contributed by atoms with E-state index in [9.17, 15) is 14.4 Å². The van der Waals surface area contributed by atoms with E-state index in [4.69, 9.17) is 5.84 Å². The van der Waals surface area contributed by atoms with E-state index in [0.29, 0.717) is 16.8 Å². The summed E-state index contributed by atoms with van der Waals surface area (Å²) in [5, 5.41) is 0. The number of rotatable bonds is 3. The summed E-state index contributed by atoms with van der Waals surface area (Å²) < 4.78 is 0. The van der Waals surface area contributed by atoms with Gasteiger partial charge in [0.1, 0.15) is 0 Å². The van der Waals surface area contributed by atoms with E-state index in [-0.39, 0.29) is 12.1 Å². The number of benzene rings is 1. The van der Waals surface area contributed by atoms with Crippen molar-refractivity contribution < 1.29 is 14.4 Å². The topological polar surface area (TPSA) is 105 Å². The zero-order valence-electron chi connectivity index (χ0n) is 11.4. The zero-order chi connectivity index (χ0) is 15.7. The highest BCUT2D eigenvalue weighted by Crippen LogP contribution is 2.24. The average molecular weight is 296 g/mol. The minimum Gasteiger partial charge on any atom is -0.290 e. The summed E-state index contributed by atoms with van der Waals surface area (Å²) in [4.78, 5) is 41.5. The van der Waals surface area contributed by atoms with Gasteiger partial charge in [0, 0.05) is 6.20 Å². The first-order valence-corrected chi connectivity index (χ1v) is 6.53. The number of amides is 3. The van der Waals surface area contributed by atoms with Crippen LogP contribution in [0.4, 0.5) is 0 Å². The molecule has 3 rings (SSSR count). The van der Waals surface area contributed by atoms with Crippen LogP contribution in [0.25, 0.3) is 0 Å². The van der Waals surface area contributed by atoms with Gasteiger partial charge < -0.3 is 0 Å². The molecule has 7 nitrogen and oxygen atoms in total. The molecule has 0 radical (unpaired) electrons. The molecule has 3 N–H and O–H groups in total. The largest absolute Gasteiger partial charge is 0.290 e. The number of pyridine rings is 1. The van der Waals surface area contributed by atoms with E-state index in [1.54, 1.807) is 30.3 Å². The predicted molar refractivity (Wildman–Crippen MR) is 76.5 cm³/mol. The predicted octanol–water partition coefficient (Wildman–Crippen LogP) is 0.481. The Labute approximate surface area is 125 Å².